The number of rotatable bonds is 8. The smallest absolute Gasteiger partial charge is 0.262 e. The fraction of sp³-hybridized carbons (Fsp3) is 0.292. The van der Waals surface area contributed by atoms with Crippen molar-refractivity contribution < 1.29 is 13.2 Å². The van der Waals surface area contributed by atoms with E-state index in [0.29, 0.717) is 22.3 Å². The van der Waals surface area contributed by atoms with Crippen molar-refractivity contribution in [2.45, 2.75) is 17.4 Å². The van der Waals surface area contributed by atoms with E-state index < -0.39 is 10.0 Å². The molecule has 0 saturated carbocycles. The van der Waals surface area contributed by atoms with Crippen molar-refractivity contribution in [3.05, 3.63) is 76.5 Å². The minimum atomic E-state index is -3.81. The van der Waals surface area contributed by atoms with Crippen LogP contribution in [0.25, 0.3) is 0 Å². The number of sulfonamides is 1. The Morgan fingerprint density at radius 2 is 1.67 bits per heavy atom. The van der Waals surface area contributed by atoms with Crippen LogP contribution in [-0.2, 0) is 14.8 Å². The highest BCUT2D eigenvalue weighted by atomic mass is 35.5. The summed E-state index contributed by atoms with van der Waals surface area (Å²) in [6.45, 7) is 7.28. The summed E-state index contributed by atoms with van der Waals surface area (Å²) in [5.41, 5.74) is 1.69. The number of halogens is 2. The molecule has 0 unspecified atom stereocenters. The fourth-order valence-electron chi connectivity index (χ4n) is 4.43. The van der Waals surface area contributed by atoms with Gasteiger partial charge in [0.2, 0.25) is 5.91 Å². The molecule has 2 aliphatic heterocycles. The molecule has 36 heavy (non-hydrogen) atoms. The molecular formula is C24H27Cl2N5O3S2. The van der Waals surface area contributed by atoms with Crippen LogP contribution in [0.4, 0.5) is 11.4 Å². The third-order valence-electron chi connectivity index (χ3n) is 6.25. The Hall–Kier alpha value is -2.37. The van der Waals surface area contributed by atoms with Gasteiger partial charge in [0.05, 0.1) is 21.0 Å². The Morgan fingerprint density at radius 1 is 1.00 bits per heavy atom. The molecule has 2 heterocycles. The first-order valence-corrected chi connectivity index (χ1v) is 14.1. The maximum Gasteiger partial charge on any atom is 0.262 e. The minimum absolute atomic E-state index is 0.0304. The van der Waals surface area contributed by atoms with Crippen molar-refractivity contribution in [1.29, 1.82) is 0 Å². The molecule has 2 N–H and O–H groups in total. The van der Waals surface area contributed by atoms with Crippen molar-refractivity contribution in [3.63, 3.8) is 0 Å². The summed E-state index contributed by atoms with van der Waals surface area (Å²) in [4.78, 5) is 19.5. The zero-order chi connectivity index (χ0) is 25.9. The predicted molar refractivity (Wildman–Crippen MR) is 148 cm³/mol. The van der Waals surface area contributed by atoms with Gasteiger partial charge in [0.1, 0.15) is 5.82 Å². The van der Waals surface area contributed by atoms with Gasteiger partial charge in [0.25, 0.3) is 10.0 Å². The average Bonchev–Trinajstić information content (AvgIpc) is 3.25. The number of benzene rings is 2. The van der Waals surface area contributed by atoms with Gasteiger partial charge in [0.15, 0.2) is 0 Å². The molecule has 0 aliphatic carbocycles. The van der Waals surface area contributed by atoms with Gasteiger partial charge in [0, 0.05) is 50.3 Å². The maximum atomic E-state index is 13.2. The Morgan fingerprint density at radius 3 is 2.31 bits per heavy atom. The summed E-state index contributed by atoms with van der Waals surface area (Å²) >= 11 is 16.1. The summed E-state index contributed by atoms with van der Waals surface area (Å²) in [7, 11) is -3.81. The number of amides is 1. The molecule has 0 spiro atoms. The molecule has 2 aromatic rings. The van der Waals surface area contributed by atoms with E-state index in [0.717, 1.165) is 38.3 Å². The molecule has 192 valence electrons. The number of anilines is 2. The summed E-state index contributed by atoms with van der Waals surface area (Å²) in [5, 5.41) is 5.14. The minimum Gasteiger partial charge on any atom is -0.369 e. The summed E-state index contributed by atoms with van der Waals surface area (Å²) in [5.74, 6) is 0.129. The fourth-order valence-corrected chi connectivity index (χ4v) is 5.79. The second-order valence-corrected chi connectivity index (χ2v) is 11.2. The maximum absolute atomic E-state index is 13.2. The van der Waals surface area contributed by atoms with Gasteiger partial charge in [-0.2, -0.15) is 0 Å². The lowest BCUT2D eigenvalue weighted by molar-refractivity contribution is -0.121. The largest absolute Gasteiger partial charge is 0.369 e. The lowest BCUT2D eigenvalue weighted by Gasteiger charge is -2.38. The van der Waals surface area contributed by atoms with Crippen LogP contribution in [0.1, 0.15) is 6.42 Å². The number of thiol groups is 1. The Kier molecular flexibility index (Phi) is 8.41. The topological polar surface area (TPSA) is 85.0 Å². The molecule has 12 heteroatoms. The predicted octanol–water partition coefficient (Wildman–Crippen LogP) is 3.66. The standard InChI is InChI=1S/C24H27Cl2N5O3S2/c1-17(27-9-15-35)28-36(33,34)20-5-2-18(3-6-20)31-10-8-23(24(31)32)30-13-11-29(12-14-30)19-4-7-21(25)22(26)16-19/h2-7,9,15-16,23,27-28,35H,1,8,10-14H2/b15-9-/t23-/m0/s1. The number of hydrogen-bond donors (Lipinski definition) is 3. The molecule has 0 aromatic heterocycles. The quantitative estimate of drug-likeness (QED) is 0.422. The SMILES string of the molecule is C=C(N/C=C\S)NS(=O)(=O)c1ccc(N2CC[C@H](N3CCN(c4ccc(Cl)c(Cl)c4)CC3)C2=O)cc1. The lowest BCUT2D eigenvalue weighted by Crippen LogP contribution is -2.52. The highest BCUT2D eigenvalue weighted by molar-refractivity contribution is 7.89. The molecule has 2 fully saturated rings. The van der Waals surface area contributed by atoms with E-state index in [2.05, 4.69) is 39.0 Å². The normalized spacial score (nSPS) is 19.2. The van der Waals surface area contributed by atoms with Crippen LogP contribution < -0.4 is 19.8 Å². The first-order chi connectivity index (χ1) is 17.2. The van der Waals surface area contributed by atoms with Gasteiger partial charge in [-0.3, -0.25) is 14.4 Å². The molecule has 8 nitrogen and oxygen atoms in total. The molecule has 1 amide bonds. The number of carbonyl (C=O) groups excluding carboxylic acids is 1. The third kappa shape index (κ3) is 5.95. The first-order valence-electron chi connectivity index (χ1n) is 11.3. The van der Waals surface area contributed by atoms with Crippen LogP contribution in [0.2, 0.25) is 10.0 Å². The number of carbonyl (C=O) groups is 1. The zero-order valence-electron chi connectivity index (χ0n) is 19.4. The van der Waals surface area contributed by atoms with Crippen LogP contribution in [0.3, 0.4) is 0 Å². The second kappa shape index (κ2) is 11.4. The zero-order valence-corrected chi connectivity index (χ0v) is 22.6. The number of piperazine rings is 1. The molecular weight excluding hydrogens is 541 g/mol. The van der Waals surface area contributed by atoms with Gasteiger partial charge in [-0.25, -0.2) is 8.42 Å². The van der Waals surface area contributed by atoms with E-state index in [1.165, 1.54) is 23.7 Å². The van der Waals surface area contributed by atoms with E-state index in [-0.39, 0.29) is 22.7 Å². The number of nitrogens with one attached hydrogen (secondary N) is 2. The molecule has 0 bridgehead atoms. The van der Waals surface area contributed by atoms with Crippen molar-refractivity contribution in [2.24, 2.45) is 0 Å². The van der Waals surface area contributed by atoms with E-state index in [4.69, 9.17) is 23.2 Å². The van der Waals surface area contributed by atoms with Crippen molar-refractivity contribution in [3.8, 4) is 0 Å². The van der Waals surface area contributed by atoms with E-state index in [1.54, 1.807) is 23.1 Å². The van der Waals surface area contributed by atoms with Crippen LogP contribution in [-0.4, -0.2) is 58.0 Å². The van der Waals surface area contributed by atoms with E-state index in [1.807, 2.05) is 12.1 Å². The van der Waals surface area contributed by atoms with Crippen LogP contribution >= 0.6 is 35.8 Å². The molecule has 0 radical (unpaired) electrons. The molecule has 2 aliphatic rings. The Bertz CT molecular complexity index is 1260. The van der Waals surface area contributed by atoms with Gasteiger partial charge < -0.3 is 15.1 Å². The molecule has 2 aromatic carbocycles. The molecule has 1 atom stereocenters. The summed E-state index contributed by atoms with van der Waals surface area (Å²) in [6.07, 6.45) is 2.16. The number of nitrogens with zero attached hydrogens (tertiary/aromatic N) is 3. The second-order valence-electron chi connectivity index (χ2n) is 8.45. The summed E-state index contributed by atoms with van der Waals surface area (Å²) < 4.78 is 27.5. The Labute approximate surface area is 227 Å². The van der Waals surface area contributed by atoms with Crippen LogP contribution in [0.5, 0.6) is 0 Å². The molecule has 4 rings (SSSR count). The molecule has 2 saturated heterocycles. The lowest BCUT2D eigenvalue weighted by atomic mass is 10.1. The number of hydrogen-bond acceptors (Lipinski definition) is 7. The van der Waals surface area contributed by atoms with Crippen molar-refractivity contribution >= 4 is 63.1 Å². The highest BCUT2D eigenvalue weighted by Gasteiger charge is 2.38. The average molecular weight is 569 g/mol. The van der Waals surface area contributed by atoms with Crippen LogP contribution in [0.15, 0.2) is 71.4 Å². The van der Waals surface area contributed by atoms with Crippen LogP contribution in [0, 0.1) is 0 Å². The van der Waals surface area contributed by atoms with Crippen molar-refractivity contribution in [2.75, 3.05) is 42.5 Å². The third-order valence-corrected chi connectivity index (χ3v) is 8.54. The summed E-state index contributed by atoms with van der Waals surface area (Å²) in [6, 6.07) is 11.7. The van der Waals surface area contributed by atoms with E-state index in [9.17, 15) is 13.2 Å². The monoisotopic (exact) mass is 567 g/mol. The van der Waals surface area contributed by atoms with E-state index >= 15 is 0 Å². The van der Waals surface area contributed by atoms with Gasteiger partial charge in [-0.15, -0.1) is 12.6 Å². The first kappa shape index (κ1) is 26.7. The van der Waals surface area contributed by atoms with Gasteiger partial charge >= 0.3 is 0 Å². The van der Waals surface area contributed by atoms with Gasteiger partial charge in [-0.1, -0.05) is 29.8 Å². The van der Waals surface area contributed by atoms with Crippen molar-refractivity contribution in [1.82, 2.24) is 14.9 Å². The Balaban J connectivity index is 1.36. The van der Waals surface area contributed by atoms with Gasteiger partial charge in [-0.05, 0) is 54.3 Å². The highest BCUT2D eigenvalue weighted by Crippen LogP contribution is 2.30.